The molecule has 1 saturated heterocycles. The van der Waals surface area contributed by atoms with Crippen molar-refractivity contribution in [3.8, 4) is 0 Å². The fraction of sp³-hybridized carbons (Fsp3) is 0.429. The van der Waals surface area contributed by atoms with Crippen LogP contribution < -0.4 is 17.2 Å². The van der Waals surface area contributed by atoms with Gasteiger partial charge in [-0.05, 0) is 43.0 Å². The molecule has 6 N–H and O–H groups in total. The summed E-state index contributed by atoms with van der Waals surface area (Å²) in [6, 6.07) is 6.15. The molecule has 1 aromatic carbocycles. The average molecular weight is 338 g/mol. The van der Waals surface area contributed by atoms with E-state index in [0.29, 0.717) is 24.7 Å². The van der Waals surface area contributed by atoms with Crippen LogP contribution in [0.25, 0.3) is 0 Å². The zero-order chi connectivity index (χ0) is 17.0. The molecule has 1 atom stereocenters. The molecular weight excluding hydrogens is 316 g/mol. The average Bonchev–Trinajstić information content (AvgIpc) is 2.47. The zero-order valence-corrected chi connectivity index (χ0v) is 13.8. The topological polar surface area (TPSA) is 140 Å². The minimum absolute atomic E-state index is 0.0922. The molecule has 1 aliphatic rings. The molecular formula is C14H22N6O2S. The Morgan fingerprint density at radius 1 is 1.22 bits per heavy atom. The third-order valence-electron chi connectivity index (χ3n) is 3.58. The number of aliphatic imine (C=N–C) groups is 2. The molecule has 8 nitrogen and oxygen atoms in total. The van der Waals surface area contributed by atoms with E-state index in [2.05, 4.69) is 16.9 Å². The minimum Gasteiger partial charge on any atom is -0.370 e. The van der Waals surface area contributed by atoms with Gasteiger partial charge in [0.25, 0.3) is 0 Å². The van der Waals surface area contributed by atoms with Crippen LogP contribution in [0.2, 0.25) is 0 Å². The predicted octanol–water partition coefficient (Wildman–Crippen LogP) is 0.327. The normalized spacial score (nSPS) is 20.2. The Bertz CT molecular complexity index is 707. The van der Waals surface area contributed by atoms with Gasteiger partial charge in [-0.15, -0.1) is 0 Å². The van der Waals surface area contributed by atoms with Crippen LogP contribution in [0.3, 0.4) is 0 Å². The van der Waals surface area contributed by atoms with Gasteiger partial charge < -0.3 is 17.2 Å². The van der Waals surface area contributed by atoms with Crippen LogP contribution in [0, 0.1) is 5.92 Å². The lowest BCUT2D eigenvalue weighted by molar-refractivity contribution is 0.281. The Kier molecular flexibility index (Phi) is 5.22. The maximum atomic E-state index is 12.6. The number of nitrogens with zero attached hydrogens (tertiary/aromatic N) is 3. The molecule has 126 valence electrons. The number of nitrogens with two attached hydrogens (primary N) is 3. The van der Waals surface area contributed by atoms with Gasteiger partial charge in [0.1, 0.15) is 0 Å². The maximum Gasteiger partial charge on any atom is 0.243 e. The molecule has 1 aromatic rings. The molecule has 1 heterocycles. The van der Waals surface area contributed by atoms with Gasteiger partial charge in [0, 0.05) is 13.1 Å². The first-order chi connectivity index (χ1) is 10.8. The lowest BCUT2D eigenvalue weighted by atomic mass is 10.0. The highest BCUT2D eigenvalue weighted by Crippen LogP contribution is 2.24. The molecule has 0 amide bonds. The summed E-state index contributed by atoms with van der Waals surface area (Å²) < 4.78 is 26.8. The van der Waals surface area contributed by atoms with Crippen LogP contribution >= 0.6 is 0 Å². The molecule has 0 aliphatic carbocycles. The van der Waals surface area contributed by atoms with Gasteiger partial charge in [-0.2, -0.15) is 9.30 Å². The van der Waals surface area contributed by atoms with Crippen molar-refractivity contribution < 1.29 is 8.42 Å². The molecule has 1 fully saturated rings. The van der Waals surface area contributed by atoms with Gasteiger partial charge in [-0.25, -0.2) is 13.4 Å². The van der Waals surface area contributed by atoms with Gasteiger partial charge >= 0.3 is 0 Å². The number of sulfonamides is 1. The van der Waals surface area contributed by atoms with Crippen molar-refractivity contribution in [1.29, 1.82) is 0 Å². The zero-order valence-electron chi connectivity index (χ0n) is 13.0. The van der Waals surface area contributed by atoms with Gasteiger partial charge in [-0.1, -0.05) is 6.92 Å². The SMILES string of the molecule is CC1CCCN(S(=O)(=O)c2ccc(N=C(N)N=C(N)N)cc2)C1. The second kappa shape index (κ2) is 6.97. The number of guanidine groups is 2. The van der Waals surface area contributed by atoms with E-state index in [0.717, 1.165) is 12.8 Å². The molecule has 0 aromatic heterocycles. The van der Waals surface area contributed by atoms with E-state index >= 15 is 0 Å². The van der Waals surface area contributed by atoms with E-state index < -0.39 is 10.0 Å². The smallest absolute Gasteiger partial charge is 0.243 e. The third kappa shape index (κ3) is 4.42. The van der Waals surface area contributed by atoms with E-state index in [4.69, 9.17) is 17.2 Å². The molecule has 23 heavy (non-hydrogen) atoms. The van der Waals surface area contributed by atoms with E-state index in [-0.39, 0.29) is 16.8 Å². The largest absolute Gasteiger partial charge is 0.370 e. The van der Waals surface area contributed by atoms with Crippen molar-refractivity contribution in [3.05, 3.63) is 24.3 Å². The van der Waals surface area contributed by atoms with Crippen LogP contribution in [0.1, 0.15) is 19.8 Å². The Hall–Kier alpha value is -2.13. The predicted molar refractivity (Wildman–Crippen MR) is 90.7 cm³/mol. The van der Waals surface area contributed by atoms with Gasteiger partial charge in [0.2, 0.25) is 16.0 Å². The Morgan fingerprint density at radius 2 is 1.87 bits per heavy atom. The summed E-state index contributed by atoms with van der Waals surface area (Å²) in [6.07, 6.45) is 1.95. The summed E-state index contributed by atoms with van der Waals surface area (Å²) in [6.45, 7) is 3.18. The van der Waals surface area contributed by atoms with E-state index in [1.807, 2.05) is 0 Å². The van der Waals surface area contributed by atoms with Crippen molar-refractivity contribution in [3.63, 3.8) is 0 Å². The molecule has 1 aliphatic heterocycles. The van der Waals surface area contributed by atoms with Gasteiger partial charge in [0.15, 0.2) is 5.96 Å². The lowest BCUT2D eigenvalue weighted by Crippen LogP contribution is -2.39. The van der Waals surface area contributed by atoms with Gasteiger partial charge in [-0.3, -0.25) is 0 Å². The quantitative estimate of drug-likeness (QED) is 0.538. The fourth-order valence-corrected chi connectivity index (χ4v) is 4.09. The standard InChI is InChI=1S/C14H22N6O2S/c1-10-3-2-8-20(9-10)23(21,22)12-6-4-11(5-7-12)18-14(17)19-13(15)16/h4-7,10H,2-3,8-9H2,1H3,(H6,15,16,17,18,19). The van der Waals surface area contributed by atoms with Crippen molar-refractivity contribution in [2.24, 2.45) is 33.1 Å². The first kappa shape index (κ1) is 17.2. The van der Waals surface area contributed by atoms with E-state index in [1.165, 1.54) is 16.4 Å². The number of rotatable bonds is 3. The summed E-state index contributed by atoms with van der Waals surface area (Å²) in [5, 5.41) is 0. The number of hydrogen-bond donors (Lipinski definition) is 3. The molecule has 0 bridgehead atoms. The minimum atomic E-state index is -3.47. The van der Waals surface area contributed by atoms with Crippen molar-refractivity contribution >= 4 is 27.6 Å². The molecule has 1 unspecified atom stereocenters. The van der Waals surface area contributed by atoms with E-state index in [1.54, 1.807) is 12.1 Å². The molecule has 0 saturated carbocycles. The first-order valence-electron chi connectivity index (χ1n) is 7.33. The van der Waals surface area contributed by atoms with Gasteiger partial charge in [0.05, 0.1) is 10.6 Å². The lowest BCUT2D eigenvalue weighted by Gasteiger charge is -2.30. The van der Waals surface area contributed by atoms with Crippen molar-refractivity contribution in [1.82, 2.24) is 4.31 Å². The first-order valence-corrected chi connectivity index (χ1v) is 8.77. The molecule has 2 rings (SSSR count). The van der Waals surface area contributed by atoms with Crippen molar-refractivity contribution in [2.45, 2.75) is 24.7 Å². The summed E-state index contributed by atoms with van der Waals surface area (Å²) in [7, 11) is -3.47. The fourth-order valence-electron chi connectivity index (χ4n) is 2.50. The highest BCUT2D eigenvalue weighted by molar-refractivity contribution is 7.89. The molecule has 0 spiro atoms. The summed E-state index contributed by atoms with van der Waals surface area (Å²) in [4.78, 5) is 7.83. The molecule has 9 heteroatoms. The number of benzene rings is 1. The maximum absolute atomic E-state index is 12.6. The number of hydrogen-bond acceptors (Lipinski definition) is 3. The second-order valence-electron chi connectivity index (χ2n) is 5.61. The Labute approximate surface area is 136 Å². The Morgan fingerprint density at radius 3 is 2.43 bits per heavy atom. The second-order valence-corrected chi connectivity index (χ2v) is 7.55. The van der Waals surface area contributed by atoms with Crippen LogP contribution in [0.5, 0.6) is 0 Å². The highest BCUT2D eigenvalue weighted by atomic mass is 32.2. The van der Waals surface area contributed by atoms with Crippen LogP contribution in [0.4, 0.5) is 5.69 Å². The van der Waals surface area contributed by atoms with Crippen molar-refractivity contribution in [2.75, 3.05) is 13.1 Å². The van der Waals surface area contributed by atoms with Crippen LogP contribution in [-0.4, -0.2) is 37.7 Å². The van der Waals surface area contributed by atoms with Crippen LogP contribution in [0.15, 0.2) is 39.1 Å². The van der Waals surface area contributed by atoms with Crippen LogP contribution in [-0.2, 0) is 10.0 Å². The summed E-state index contributed by atoms with van der Waals surface area (Å²) in [5.41, 5.74) is 16.4. The number of piperidine rings is 1. The Balaban J connectivity index is 2.20. The summed E-state index contributed by atoms with van der Waals surface area (Å²) >= 11 is 0. The summed E-state index contributed by atoms with van der Waals surface area (Å²) in [5.74, 6) is 0.0944. The monoisotopic (exact) mass is 338 g/mol. The molecule has 0 radical (unpaired) electrons. The third-order valence-corrected chi connectivity index (χ3v) is 5.46. The highest BCUT2D eigenvalue weighted by Gasteiger charge is 2.28. The van der Waals surface area contributed by atoms with E-state index in [9.17, 15) is 8.42 Å².